The van der Waals surface area contributed by atoms with Crippen molar-refractivity contribution in [3.8, 4) is 0 Å². The fourth-order valence-corrected chi connectivity index (χ4v) is 2.66. The molecule has 1 heterocycles. The molecule has 3 heteroatoms. The zero-order valence-corrected chi connectivity index (χ0v) is 12.9. The predicted molar refractivity (Wildman–Crippen MR) is 84.0 cm³/mol. The van der Waals surface area contributed by atoms with Crippen LogP contribution >= 0.6 is 0 Å². The number of amides is 1. The summed E-state index contributed by atoms with van der Waals surface area (Å²) in [7, 11) is 0. The molecule has 20 heavy (non-hydrogen) atoms. The van der Waals surface area contributed by atoms with Gasteiger partial charge in [0.1, 0.15) is 6.04 Å². The summed E-state index contributed by atoms with van der Waals surface area (Å²) in [6.07, 6.45) is 3.53. The fraction of sp³-hybridized carbons (Fsp3) is 0.588. The van der Waals surface area contributed by atoms with Gasteiger partial charge in [0, 0.05) is 18.8 Å². The zero-order chi connectivity index (χ0) is 14.5. The van der Waals surface area contributed by atoms with E-state index in [0.29, 0.717) is 5.92 Å². The average Bonchev–Trinajstić information content (AvgIpc) is 2.48. The van der Waals surface area contributed by atoms with Crippen LogP contribution in [0.2, 0.25) is 0 Å². The van der Waals surface area contributed by atoms with Gasteiger partial charge in [0.15, 0.2) is 0 Å². The highest BCUT2D eigenvalue weighted by Gasteiger charge is 2.21. The van der Waals surface area contributed by atoms with Gasteiger partial charge in [-0.1, -0.05) is 26.0 Å². The second-order valence-corrected chi connectivity index (χ2v) is 6.03. The standard InChI is InChI=1S/C17H26N2O/c1-13(2)15-7-9-16(10-8-15)18-14(3)17(20)19-11-5-4-6-12-19/h7-10,13-14,18H,4-6,11-12H2,1-3H3. The molecule has 1 fully saturated rings. The summed E-state index contributed by atoms with van der Waals surface area (Å²) in [4.78, 5) is 14.3. The Morgan fingerprint density at radius 2 is 1.65 bits per heavy atom. The number of nitrogens with zero attached hydrogens (tertiary/aromatic N) is 1. The molecular weight excluding hydrogens is 248 g/mol. The molecule has 1 N–H and O–H groups in total. The first-order valence-electron chi connectivity index (χ1n) is 7.73. The quantitative estimate of drug-likeness (QED) is 0.909. The molecule has 1 aromatic carbocycles. The normalized spacial score (nSPS) is 17.1. The summed E-state index contributed by atoms with van der Waals surface area (Å²) in [5, 5.41) is 3.31. The molecular formula is C17H26N2O. The van der Waals surface area contributed by atoms with E-state index in [1.165, 1.54) is 12.0 Å². The molecule has 1 aromatic rings. The number of rotatable bonds is 4. The maximum atomic E-state index is 12.3. The van der Waals surface area contributed by atoms with Crippen LogP contribution in [0.25, 0.3) is 0 Å². The molecule has 1 amide bonds. The van der Waals surface area contributed by atoms with Crippen molar-refractivity contribution in [3.63, 3.8) is 0 Å². The molecule has 0 radical (unpaired) electrons. The Labute approximate surface area is 122 Å². The highest BCUT2D eigenvalue weighted by atomic mass is 16.2. The summed E-state index contributed by atoms with van der Waals surface area (Å²) >= 11 is 0. The Kier molecular flexibility index (Phi) is 5.05. The zero-order valence-electron chi connectivity index (χ0n) is 12.9. The third-order valence-corrected chi connectivity index (χ3v) is 4.00. The van der Waals surface area contributed by atoms with E-state index >= 15 is 0 Å². The van der Waals surface area contributed by atoms with E-state index < -0.39 is 0 Å². The molecule has 110 valence electrons. The number of benzene rings is 1. The lowest BCUT2D eigenvalue weighted by Crippen LogP contribution is -2.43. The van der Waals surface area contributed by atoms with E-state index in [1.807, 2.05) is 11.8 Å². The van der Waals surface area contributed by atoms with Gasteiger partial charge in [-0.3, -0.25) is 4.79 Å². The van der Waals surface area contributed by atoms with E-state index in [1.54, 1.807) is 0 Å². The van der Waals surface area contributed by atoms with Crippen molar-refractivity contribution in [2.45, 2.75) is 52.0 Å². The first-order valence-corrected chi connectivity index (χ1v) is 7.73. The molecule has 0 aliphatic carbocycles. The number of nitrogens with one attached hydrogen (secondary N) is 1. The molecule has 1 atom stereocenters. The number of carbonyl (C=O) groups is 1. The summed E-state index contributed by atoms with van der Waals surface area (Å²) in [6.45, 7) is 8.15. The van der Waals surface area contributed by atoms with Crippen molar-refractivity contribution in [1.82, 2.24) is 4.90 Å². The lowest BCUT2D eigenvalue weighted by atomic mass is 10.0. The third kappa shape index (κ3) is 3.75. The lowest BCUT2D eigenvalue weighted by Gasteiger charge is -2.29. The highest BCUT2D eigenvalue weighted by molar-refractivity contribution is 5.84. The molecule has 1 unspecified atom stereocenters. The number of carbonyl (C=O) groups excluding carboxylic acids is 1. The van der Waals surface area contributed by atoms with Crippen LogP contribution in [-0.2, 0) is 4.79 Å². The number of hydrogen-bond acceptors (Lipinski definition) is 2. The lowest BCUT2D eigenvalue weighted by molar-refractivity contribution is -0.132. The van der Waals surface area contributed by atoms with Crippen LogP contribution in [-0.4, -0.2) is 29.9 Å². The molecule has 0 bridgehead atoms. The van der Waals surface area contributed by atoms with Gasteiger partial charge in [0.25, 0.3) is 0 Å². The van der Waals surface area contributed by atoms with Crippen LogP contribution in [0.15, 0.2) is 24.3 Å². The molecule has 0 saturated carbocycles. The second kappa shape index (κ2) is 6.78. The average molecular weight is 274 g/mol. The summed E-state index contributed by atoms with van der Waals surface area (Å²) in [5.74, 6) is 0.758. The summed E-state index contributed by atoms with van der Waals surface area (Å²) in [6, 6.07) is 8.24. The van der Waals surface area contributed by atoms with Gasteiger partial charge in [-0.25, -0.2) is 0 Å². The van der Waals surface area contributed by atoms with Gasteiger partial charge in [-0.15, -0.1) is 0 Å². The van der Waals surface area contributed by atoms with Crippen molar-refractivity contribution >= 4 is 11.6 Å². The first kappa shape index (κ1) is 14.9. The molecule has 2 rings (SSSR count). The molecule has 0 aromatic heterocycles. The van der Waals surface area contributed by atoms with E-state index in [2.05, 4.69) is 43.4 Å². The number of likely N-dealkylation sites (tertiary alicyclic amines) is 1. The minimum absolute atomic E-state index is 0.155. The van der Waals surface area contributed by atoms with Gasteiger partial charge in [0.05, 0.1) is 0 Å². The fourth-order valence-electron chi connectivity index (χ4n) is 2.66. The second-order valence-electron chi connectivity index (χ2n) is 6.03. The Hall–Kier alpha value is -1.51. The SMILES string of the molecule is CC(Nc1ccc(C(C)C)cc1)C(=O)N1CCCCC1. The predicted octanol–water partition coefficient (Wildman–Crippen LogP) is 3.62. The van der Waals surface area contributed by atoms with E-state index in [9.17, 15) is 4.79 Å². The Bertz CT molecular complexity index is 433. The molecule has 1 saturated heterocycles. The van der Waals surface area contributed by atoms with Gasteiger partial charge in [-0.05, 0) is 49.8 Å². The monoisotopic (exact) mass is 274 g/mol. The summed E-state index contributed by atoms with van der Waals surface area (Å²) in [5.41, 5.74) is 2.35. The van der Waals surface area contributed by atoms with Crippen molar-refractivity contribution in [1.29, 1.82) is 0 Å². The number of hydrogen-bond donors (Lipinski definition) is 1. The Morgan fingerprint density at radius 3 is 2.20 bits per heavy atom. The Balaban J connectivity index is 1.92. The minimum atomic E-state index is -0.155. The number of anilines is 1. The molecule has 1 aliphatic heterocycles. The van der Waals surface area contributed by atoms with Gasteiger partial charge >= 0.3 is 0 Å². The van der Waals surface area contributed by atoms with Crippen LogP contribution in [0.4, 0.5) is 5.69 Å². The summed E-state index contributed by atoms with van der Waals surface area (Å²) < 4.78 is 0. The smallest absolute Gasteiger partial charge is 0.244 e. The third-order valence-electron chi connectivity index (χ3n) is 4.00. The van der Waals surface area contributed by atoms with E-state index in [-0.39, 0.29) is 11.9 Å². The first-order chi connectivity index (χ1) is 9.58. The number of piperidine rings is 1. The molecule has 3 nitrogen and oxygen atoms in total. The van der Waals surface area contributed by atoms with Crippen molar-refractivity contribution in [3.05, 3.63) is 29.8 Å². The largest absolute Gasteiger partial charge is 0.374 e. The van der Waals surface area contributed by atoms with E-state index in [4.69, 9.17) is 0 Å². The topological polar surface area (TPSA) is 32.3 Å². The van der Waals surface area contributed by atoms with Crippen molar-refractivity contribution in [2.24, 2.45) is 0 Å². The Morgan fingerprint density at radius 1 is 1.05 bits per heavy atom. The van der Waals surface area contributed by atoms with Crippen LogP contribution in [0.1, 0.15) is 51.5 Å². The van der Waals surface area contributed by atoms with Crippen LogP contribution < -0.4 is 5.32 Å². The van der Waals surface area contributed by atoms with Gasteiger partial charge in [0.2, 0.25) is 5.91 Å². The van der Waals surface area contributed by atoms with E-state index in [0.717, 1.165) is 31.6 Å². The maximum Gasteiger partial charge on any atom is 0.244 e. The van der Waals surface area contributed by atoms with Gasteiger partial charge in [-0.2, -0.15) is 0 Å². The van der Waals surface area contributed by atoms with Crippen LogP contribution in [0, 0.1) is 0 Å². The van der Waals surface area contributed by atoms with Crippen molar-refractivity contribution in [2.75, 3.05) is 18.4 Å². The minimum Gasteiger partial charge on any atom is -0.374 e. The maximum absolute atomic E-state index is 12.3. The molecule has 0 spiro atoms. The van der Waals surface area contributed by atoms with Crippen LogP contribution in [0.3, 0.4) is 0 Å². The van der Waals surface area contributed by atoms with Gasteiger partial charge < -0.3 is 10.2 Å². The molecule has 1 aliphatic rings. The van der Waals surface area contributed by atoms with Crippen molar-refractivity contribution < 1.29 is 4.79 Å². The highest BCUT2D eigenvalue weighted by Crippen LogP contribution is 2.18. The van der Waals surface area contributed by atoms with Crippen LogP contribution in [0.5, 0.6) is 0 Å².